The highest BCUT2D eigenvalue weighted by atomic mass is 16.7. The number of amides is 1. The van der Waals surface area contributed by atoms with Crippen molar-refractivity contribution in [3.63, 3.8) is 0 Å². The van der Waals surface area contributed by atoms with Crippen LogP contribution in [-0.2, 0) is 33.3 Å². The van der Waals surface area contributed by atoms with Crippen LogP contribution in [0.2, 0.25) is 0 Å². The molecule has 2 aliphatic rings. The van der Waals surface area contributed by atoms with Crippen LogP contribution >= 0.6 is 0 Å². The van der Waals surface area contributed by atoms with Crippen molar-refractivity contribution in [1.82, 2.24) is 5.32 Å². The molecule has 14 heteroatoms. The van der Waals surface area contributed by atoms with Crippen LogP contribution in [0.15, 0.2) is 0 Å². The molecule has 2 aliphatic heterocycles. The second-order valence-electron chi connectivity index (χ2n) is 9.56. The number of methoxy groups -OCH3 is 1. The summed E-state index contributed by atoms with van der Waals surface area (Å²) in [6.45, 7) is 0.205. The Morgan fingerprint density at radius 1 is 0.789 bits per heavy atom. The van der Waals surface area contributed by atoms with Gasteiger partial charge in [-0.1, -0.05) is 25.7 Å². The van der Waals surface area contributed by atoms with Gasteiger partial charge in [-0.2, -0.15) is 0 Å². The fourth-order valence-corrected chi connectivity index (χ4v) is 4.48. The summed E-state index contributed by atoms with van der Waals surface area (Å²) in [5.41, 5.74) is 0. The molecule has 1 amide bonds. The molecule has 2 heterocycles. The van der Waals surface area contributed by atoms with Gasteiger partial charge in [0.1, 0.15) is 48.8 Å². The highest BCUT2D eigenvalue weighted by molar-refractivity contribution is 5.73. The first-order valence-corrected chi connectivity index (χ1v) is 13.0. The Kier molecular flexibility index (Phi) is 14.3. The Hall–Kier alpha value is -1.46. The molecule has 0 aromatic rings. The molecule has 14 nitrogen and oxygen atoms in total. The van der Waals surface area contributed by atoms with Gasteiger partial charge in [-0.25, -0.2) is 0 Å². The number of rotatable bonds is 15. The molecular formula is C24H43NO13. The molecule has 0 aromatic heterocycles. The standard InChI is InChI=1S/C24H43NO13/c1-13(28)25-17-22(38-24-21(33)20(32)18(30)14(11-26)37-24)19(31)15(12-27)36-23(17)35-10-8-6-4-3-5-7-9-16(29)34-2/h14-15,17-24,26-27,30-33H,3-12H2,1-2H3,(H,25,28)/t14-,15-,17-,18+,19+,20+,21-,22-,23+,24+/m1/s1. The van der Waals surface area contributed by atoms with E-state index in [1.165, 1.54) is 14.0 Å². The van der Waals surface area contributed by atoms with Crippen molar-refractivity contribution in [3.8, 4) is 0 Å². The van der Waals surface area contributed by atoms with E-state index in [-0.39, 0.29) is 12.6 Å². The smallest absolute Gasteiger partial charge is 0.305 e. The predicted molar refractivity (Wildman–Crippen MR) is 128 cm³/mol. The highest BCUT2D eigenvalue weighted by Gasteiger charge is 2.51. The van der Waals surface area contributed by atoms with Crippen LogP contribution in [0.25, 0.3) is 0 Å². The van der Waals surface area contributed by atoms with Crippen LogP contribution in [-0.4, -0.2) is 131 Å². The molecule has 0 spiro atoms. The molecule has 0 unspecified atom stereocenters. The third-order valence-electron chi connectivity index (χ3n) is 6.65. The molecule has 10 atom stereocenters. The lowest BCUT2D eigenvalue weighted by molar-refractivity contribution is -0.344. The van der Waals surface area contributed by atoms with Crippen molar-refractivity contribution in [3.05, 3.63) is 0 Å². The van der Waals surface area contributed by atoms with E-state index in [0.29, 0.717) is 12.8 Å². The maximum Gasteiger partial charge on any atom is 0.305 e. The Morgan fingerprint density at radius 2 is 1.37 bits per heavy atom. The van der Waals surface area contributed by atoms with Gasteiger partial charge in [0, 0.05) is 20.0 Å². The zero-order valence-electron chi connectivity index (χ0n) is 21.9. The van der Waals surface area contributed by atoms with Gasteiger partial charge >= 0.3 is 5.97 Å². The van der Waals surface area contributed by atoms with Crippen LogP contribution in [0, 0.1) is 0 Å². The molecule has 222 valence electrons. The minimum absolute atomic E-state index is 0.222. The summed E-state index contributed by atoms with van der Waals surface area (Å²) in [5.74, 6) is -0.712. The van der Waals surface area contributed by atoms with E-state index in [2.05, 4.69) is 10.1 Å². The zero-order valence-corrected chi connectivity index (χ0v) is 21.9. The highest BCUT2D eigenvalue weighted by Crippen LogP contribution is 2.30. The zero-order chi connectivity index (χ0) is 28.2. The van der Waals surface area contributed by atoms with Crippen molar-refractivity contribution in [2.24, 2.45) is 0 Å². The number of carbonyl (C=O) groups excluding carboxylic acids is 2. The van der Waals surface area contributed by atoms with Crippen LogP contribution in [0.4, 0.5) is 0 Å². The van der Waals surface area contributed by atoms with E-state index < -0.39 is 80.5 Å². The quantitative estimate of drug-likeness (QED) is 0.0838. The summed E-state index contributed by atoms with van der Waals surface area (Å²) in [6.07, 6.45) is -7.53. The van der Waals surface area contributed by atoms with Crippen molar-refractivity contribution in [2.45, 2.75) is 113 Å². The SMILES string of the molecule is COC(=O)CCCCCCCCO[C@H]1O[C@H](CO)[C@H](O)[C@H](O[C@@H]2O[C@H](CO)[C@H](O)[C@H](O)[C@H]2O)[C@H]1NC(C)=O. The number of hydrogen-bond donors (Lipinski definition) is 7. The molecule has 38 heavy (non-hydrogen) atoms. The van der Waals surface area contributed by atoms with Gasteiger partial charge < -0.3 is 59.6 Å². The van der Waals surface area contributed by atoms with E-state index >= 15 is 0 Å². The number of aliphatic hydroxyl groups excluding tert-OH is 6. The van der Waals surface area contributed by atoms with Crippen LogP contribution < -0.4 is 5.32 Å². The molecule has 0 bridgehead atoms. The summed E-state index contributed by atoms with van der Waals surface area (Å²) >= 11 is 0. The minimum Gasteiger partial charge on any atom is -0.469 e. The predicted octanol–water partition coefficient (Wildman–Crippen LogP) is -2.33. The molecule has 2 rings (SSSR count). The summed E-state index contributed by atoms with van der Waals surface area (Å²) < 4.78 is 27.3. The third-order valence-corrected chi connectivity index (χ3v) is 6.65. The summed E-state index contributed by atoms with van der Waals surface area (Å²) in [6, 6.07) is -1.09. The average molecular weight is 554 g/mol. The number of esters is 1. The summed E-state index contributed by atoms with van der Waals surface area (Å²) in [7, 11) is 1.36. The lowest BCUT2D eigenvalue weighted by Gasteiger charge is -2.47. The van der Waals surface area contributed by atoms with E-state index in [0.717, 1.165) is 32.1 Å². The van der Waals surface area contributed by atoms with Gasteiger partial charge in [-0.15, -0.1) is 0 Å². The maximum absolute atomic E-state index is 11.9. The Balaban J connectivity index is 1.97. The van der Waals surface area contributed by atoms with Crippen molar-refractivity contribution in [2.75, 3.05) is 26.9 Å². The number of ether oxygens (including phenoxy) is 5. The fourth-order valence-electron chi connectivity index (χ4n) is 4.48. The van der Waals surface area contributed by atoms with Crippen LogP contribution in [0.1, 0.15) is 51.9 Å². The average Bonchev–Trinajstić information content (AvgIpc) is 2.90. The van der Waals surface area contributed by atoms with E-state index in [1.54, 1.807) is 0 Å². The van der Waals surface area contributed by atoms with E-state index in [1.807, 2.05) is 0 Å². The Morgan fingerprint density at radius 3 is 1.97 bits per heavy atom. The minimum atomic E-state index is -1.74. The molecule has 0 aliphatic carbocycles. The molecule has 0 saturated carbocycles. The van der Waals surface area contributed by atoms with Crippen molar-refractivity contribution >= 4 is 11.9 Å². The number of nitrogens with one attached hydrogen (secondary N) is 1. The normalized spacial score (nSPS) is 35.6. The molecule has 0 aromatic carbocycles. The topological polar surface area (TPSA) is 214 Å². The van der Waals surface area contributed by atoms with Gasteiger partial charge in [0.05, 0.1) is 20.3 Å². The third kappa shape index (κ3) is 9.33. The summed E-state index contributed by atoms with van der Waals surface area (Å²) in [4.78, 5) is 23.1. The number of aliphatic hydroxyl groups is 6. The first kappa shape index (κ1) is 32.8. The van der Waals surface area contributed by atoms with E-state index in [9.17, 15) is 40.2 Å². The Bertz CT molecular complexity index is 711. The van der Waals surface area contributed by atoms with Crippen LogP contribution in [0.3, 0.4) is 0 Å². The van der Waals surface area contributed by atoms with Gasteiger partial charge in [0.2, 0.25) is 5.91 Å². The molecule has 2 saturated heterocycles. The monoisotopic (exact) mass is 553 g/mol. The first-order chi connectivity index (χ1) is 18.1. The van der Waals surface area contributed by atoms with E-state index in [4.69, 9.17) is 18.9 Å². The Labute approximate surface area is 221 Å². The second-order valence-corrected chi connectivity index (χ2v) is 9.56. The first-order valence-electron chi connectivity index (χ1n) is 13.0. The second kappa shape index (κ2) is 16.6. The fraction of sp³-hybridized carbons (Fsp3) is 0.917. The van der Waals surface area contributed by atoms with Crippen molar-refractivity contribution < 1.29 is 63.9 Å². The lowest BCUT2D eigenvalue weighted by atomic mass is 9.95. The van der Waals surface area contributed by atoms with Gasteiger partial charge in [-0.3, -0.25) is 9.59 Å². The summed E-state index contributed by atoms with van der Waals surface area (Å²) in [5, 5.41) is 63.1. The van der Waals surface area contributed by atoms with Gasteiger partial charge in [0.15, 0.2) is 12.6 Å². The molecule has 0 radical (unpaired) electrons. The largest absolute Gasteiger partial charge is 0.469 e. The number of hydrogen-bond acceptors (Lipinski definition) is 13. The van der Waals surface area contributed by atoms with Crippen molar-refractivity contribution in [1.29, 1.82) is 0 Å². The lowest BCUT2D eigenvalue weighted by Crippen LogP contribution is -2.68. The maximum atomic E-state index is 11.9. The molecule has 2 fully saturated rings. The van der Waals surface area contributed by atoms with Gasteiger partial charge in [-0.05, 0) is 12.8 Å². The number of unbranched alkanes of at least 4 members (excludes halogenated alkanes) is 5. The van der Waals surface area contributed by atoms with Crippen LogP contribution in [0.5, 0.6) is 0 Å². The van der Waals surface area contributed by atoms with Gasteiger partial charge in [0.25, 0.3) is 0 Å². The molecule has 7 N–H and O–H groups in total. The number of carbonyl (C=O) groups is 2. The molecular weight excluding hydrogens is 510 g/mol.